The molecule has 0 radical (unpaired) electrons. The van der Waals surface area contributed by atoms with E-state index < -0.39 is 0 Å². The van der Waals surface area contributed by atoms with Gasteiger partial charge >= 0.3 is 0 Å². The summed E-state index contributed by atoms with van der Waals surface area (Å²) in [4.78, 5) is 14.7. The molecule has 1 aliphatic heterocycles. The van der Waals surface area contributed by atoms with Gasteiger partial charge in [-0.15, -0.1) is 0 Å². The van der Waals surface area contributed by atoms with Crippen LogP contribution in [0.4, 0.5) is 5.69 Å². The fourth-order valence-electron chi connectivity index (χ4n) is 3.24. The highest BCUT2D eigenvalue weighted by atomic mass is 16.2. The lowest BCUT2D eigenvalue weighted by molar-refractivity contribution is -0.131. The number of benzene rings is 2. The molecular formula is C19H22N2O. The van der Waals surface area contributed by atoms with Crippen LogP contribution in [0.15, 0.2) is 54.6 Å². The quantitative estimate of drug-likeness (QED) is 0.881. The van der Waals surface area contributed by atoms with Crippen LogP contribution in [0, 0.1) is 0 Å². The summed E-state index contributed by atoms with van der Waals surface area (Å²) in [6, 6.07) is 18.4. The molecule has 1 unspecified atom stereocenters. The number of carbonyl (C=O) groups is 1. The van der Waals surface area contributed by atoms with Crippen LogP contribution in [0.5, 0.6) is 0 Å². The van der Waals surface area contributed by atoms with E-state index in [9.17, 15) is 4.79 Å². The van der Waals surface area contributed by atoms with Crippen LogP contribution in [-0.2, 0) is 17.6 Å². The largest absolute Gasteiger partial charge is 0.399 e. The van der Waals surface area contributed by atoms with E-state index in [2.05, 4.69) is 29.2 Å². The molecule has 0 aromatic heterocycles. The van der Waals surface area contributed by atoms with Gasteiger partial charge < -0.3 is 10.6 Å². The first kappa shape index (κ1) is 14.6. The van der Waals surface area contributed by atoms with Crippen LogP contribution >= 0.6 is 0 Å². The van der Waals surface area contributed by atoms with Crippen molar-refractivity contribution < 1.29 is 4.79 Å². The van der Waals surface area contributed by atoms with Crippen molar-refractivity contribution in [1.29, 1.82) is 0 Å². The van der Waals surface area contributed by atoms with E-state index >= 15 is 0 Å². The van der Waals surface area contributed by atoms with Gasteiger partial charge in [0.25, 0.3) is 0 Å². The summed E-state index contributed by atoms with van der Waals surface area (Å²) in [6.07, 6.45) is 3.58. The summed E-state index contributed by atoms with van der Waals surface area (Å²) in [5, 5.41) is 0. The Kier molecular flexibility index (Phi) is 4.42. The molecule has 3 nitrogen and oxygen atoms in total. The molecule has 1 saturated heterocycles. The highest BCUT2D eigenvalue weighted by molar-refractivity contribution is 5.79. The minimum absolute atomic E-state index is 0.212. The Labute approximate surface area is 131 Å². The molecule has 0 aliphatic carbocycles. The Bertz CT molecular complexity index is 639. The van der Waals surface area contributed by atoms with E-state index in [0.717, 1.165) is 31.4 Å². The predicted octanol–water partition coefficient (Wildman–Crippen LogP) is 3.05. The second-order valence-corrected chi connectivity index (χ2v) is 5.99. The van der Waals surface area contributed by atoms with Crippen LogP contribution in [0.3, 0.4) is 0 Å². The SMILES string of the molecule is Nc1cccc(CC(=O)N2CCCC2Cc2ccccc2)c1. The van der Waals surface area contributed by atoms with Crippen LogP contribution in [0.25, 0.3) is 0 Å². The molecule has 1 atom stereocenters. The van der Waals surface area contributed by atoms with Gasteiger partial charge in [-0.05, 0) is 42.5 Å². The highest BCUT2D eigenvalue weighted by Crippen LogP contribution is 2.22. The molecule has 2 aromatic rings. The molecule has 2 N–H and O–H groups in total. The van der Waals surface area contributed by atoms with Crippen molar-refractivity contribution in [3.8, 4) is 0 Å². The van der Waals surface area contributed by atoms with E-state index in [0.29, 0.717) is 18.2 Å². The average Bonchev–Trinajstić information content (AvgIpc) is 2.96. The number of amides is 1. The molecule has 0 saturated carbocycles. The lowest BCUT2D eigenvalue weighted by Gasteiger charge is -2.25. The molecule has 1 amide bonds. The molecule has 0 spiro atoms. The maximum atomic E-state index is 12.6. The third-order valence-corrected chi connectivity index (χ3v) is 4.32. The third kappa shape index (κ3) is 3.48. The van der Waals surface area contributed by atoms with Gasteiger partial charge in [-0.2, -0.15) is 0 Å². The number of nitrogen functional groups attached to an aromatic ring is 1. The maximum Gasteiger partial charge on any atom is 0.227 e. The maximum absolute atomic E-state index is 12.6. The summed E-state index contributed by atoms with van der Waals surface area (Å²) in [6.45, 7) is 0.874. The second-order valence-electron chi connectivity index (χ2n) is 5.99. The standard InChI is InChI=1S/C19H22N2O/c20-17-9-4-8-16(12-17)14-19(22)21-11-5-10-18(21)13-15-6-2-1-3-7-15/h1-4,6-9,12,18H,5,10-11,13-14,20H2. The predicted molar refractivity (Wildman–Crippen MR) is 89.4 cm³/mol. The first-order chi connectivity index (χ1) is 10.7. The van der Waals surface area contributed by atoms with Crippen molar-refractivity contribution in [3.63, 3.8) is 0 Å². The molecule has 1 heterocycles. The zero-order valence-corrected chi connectivity index (χ0v) is 12.7. The van der Waals surface area contributed by atoms with Crippen molar-refractivity contribution in [3.05, 3.63) is 65.7 Å². The number of rotatable bonds is 4. The van der Waals surface area contributed by atoms with Crippen molar-refractivity contribution in [2.45, 2.75) is 31.7 Å². The molecule has 22 heavy (non-hydrogen) atoms. The molecule has 0 bridgehead atoms. The first-order valence-electron chi connectivity index (χ1n) is 7.90. The average molecular weight is 294 g/mol. The lowest BCUT2D eigenvalue weighted by Crippen LogP contribution is -2.37. The van der Waals surface area contributed by atoms with Crippen LogP contribution in [0.2, 0.25) is 0 Å². The van der Waals surface area contributed by atoms with E-state index in [1.807, 2.05) is 30.3 Å². The Morgan fingerprint density at radius 1 is 1.09 bits per heavy atom. The first-order valence-corrected chi connectivity index (χ1v) is 7.90. The zero-order valence-electron chi connectivity index (χ0n) is 12.7. The summed E-state index contributed by atoms with van der Waals surface area (Å²) < 4.78 is 0. The Morgan fingerprint density at radius 3 is 2.64 bits per heavy atom. The highest BCUT2D eigenvalue weighted by Gasteiger charge is 2.28. The Morgan fingerprint density at radius 2 is 1.86 bits per heavy atom. The van der Waals surface area contributed by atoms with Crippen molar-refractivity contribution >= 4 is 11.6 Å². The van der Waals surface area contributed by atoms with Gasteiger partial charge in [0.15, 0.2) is 0 Å². The smallest absolute Gasteiger partial charge is 0.227 e. The van der Waals surface area contributed by atoms with Gasteiger partial charge in [-0.1, -0.05) is 42.5 Å². The number of nitrogens with two attached hydrogens (primary N) is 1. The number of anilines is 1. The van der Waals surface area contributed by atoms with Gasteiger partial charge in [-0.25, -0.2) is 0 Å². The van der Waals surface area contributed by atoms with E-state index in [1.165, 1.54) is 5.56 Å². The summed E-state index contributed by atoms with van der Waals surface area (Å²) in [7, 11) is 0. The molecule has 3 rings (SSSR count). The second kappa shape index (κ2) is 6.65. The lowest BCUT2D eigenvalue weighted by atomic mass is 10.0. The van der Waals surface area contributed by atoms with Crippen molar-refractivity contribution in [2.75, 3.05) is 12.3 Å². The molecule has 2 aromatic carbocycles. The normalized spacial score (nSPS) is 17.6. The molecular weight excluding hydrogens is 272 g/mol. The summed E-state index contributed by atoms with van der Waals surface area (Å²) in [5.74, 6) is 0.212. The number of hydrogen-bond donors (Lipinski definition) is 1. The van der Waals surface area contributed by atoms with Crippen molar-refractivity contribution in [2.24, 2.45) is 0 Å². The van der Waals surface area contributed by atoms with Gasteiger partial charge in [0.1, 0.15) is 0 Å². The Hall–Kier alpha value is -2.29. The van der Waals surface area contributed by atoms with E-state index in [4.69, 9.17) is 5.73 Å². The van der Waals surface area contributed by atoms with Gasteiger partial charge in [0, 0.05) is 18.3 Å². The Balaban J connectivity index is 1.66. The fraction of sp³-hybridized carbons (Fsp3) is 0.316. The summed E-state index contributed by atoms with van der Waals surface area (Å²) in [5.41, 5.74) is 8.81. The third-order valence-electron chi connectivity index (χ3n) is 4.32. The number of nitrogens with zero attached hydrogens (tertiary/aromatic N) is 1. The molecule has 114 valence electrons. The van der Waals surface area contributed by atoms with Crippen LogP contribution in [0.1, 0.15) is 24.0 Å². The van der Waals surface area contributed by atoms with Crippen LogP contribution < -0.4 is 5.73 Å². The van der Waals surface area contributed by atoms with Gasteiger partial charge in [0.2, 0.25) is 5.91 Å². The number of likely N-dealkylation sites (tertiary alicyclic amines) is 1. The summed E-state index contributed by atoms with van der Waals surface area (Å²) >= 11 is 0. The molecule has 1 fully saturated rings. The van der Waals surface area contributed by atoms with Gasteiger partial charge in [0.05, 0.1) is 6.42 Å². The minimum atomic E-state index is 0.212. The minimum Gasteiger partial charge on any atom is -0.399 e. The monoisotopic (exact) mass is 294 g/mol. The zero-order chi connectivity index (χ0) is 15.4. The topological polar surface area (TPSA) is 46.3 Å². The number of hydrogen-bond acceptors (Lipinski definition) is 2. The fourth-order valence-corrected chi connectivity index (χ4v) is 3.24. The van der Waals surface area contributed by atoms with E-state index in [1.54, 1.807) is 0 Å². The van der Waals surface area contributed by atoms with E-state index in [-0.39, 0.29) is 5.91 Å². The molecule has 1 aliphatic rings. The molecule has 3 heteroatoms. The van der Waals surface area contributed by atoms with Crippen LogP contribution in [-0.4, -0.2) is 23.4 Å². The van der Waals surface area contributed by atoms with Gasteiger partial charge in [-0.3, -0.25) is 4.79 Å². The number of carbonyl (C=O) groups excluding carboxylic acids is 1. The van der Waals surface area contributed by atoms with Crippen molar-refractivity contribution in [1.82, 2.24) is 4.90 Å².